The lowest BCUT2D eigenvalue weighted by atomic mass is 10.0. The molecule has 32 heteroatoms. The number of hydroxylamine groups is 6. The van der Waals surface area contributed by atoms with E-state index in [2.05, 4.69) is 60.1 Å². The third kappa shape index (κ3) is 29.9. The summed E-state index contributed by atoms with van der Waals surface area (Å²) in [5.74, 6) is -14.0. The van der Waals surface area contributed by atoms with Gasteiger partial charge < -0.3 is 63.0 Å². The minimum absolute atomic E-state index is 0.0659. The normalized spacial score (nSPS) is 21.8. The third-order valence-corrected chi connectivity index (χ3v) is 12.7. The summed E-state index contributed by atoms with van der Waals surface area (Å²) in [7, 11) is 0. The average molecular weight is 1200 g/mol. The maximum absolute atomic E-state index is 14.0. The van der Waals surface area contributed by atoms with Crippen LogP contribution in [0.4, 0.5) is 0 Å². The Morgan fingerprint density at radius 2 is 1.07 bits per heavy atom. The van der Waals surface area contributed by atoms with E-state index in [1.807, 2.05) is 0 Å². The first-order valence-corrected chi connectivity index (χ1v) is 27.9. The van der Waals surface area contributed by atoms with Crippen LogP contribution in [0.2, 0.25) is 0 Å². The van der Waals surface area contributed by atoms with Crippen LogP contribution in [0.3, 0.4) is 0 Å². The lowest BCUT2D eigenvalue weighted by Gasteiger charge is -2.27. The molecule has 1 aliphatic heterocycles. The summed E-state index contributed by atoms with van der Waals surface area (Å²) >= 11 is 0. The van der Waals surface area contributed by atoms with Gasteiger partial charge in [-0.3, -0.25) is 82.7 Å². The molecule has 0 radical (unpaired) electrons. The number of allylic oxidation sites excluding steroid dienone is 1. The highest BCUT2D eigenvalue weighted by Gasteiger charge is 2.34. The third-order valence-electron chi connectivity index (χ3n) is 12.7. The van der Waals surface area contributed by atoms with Gasteiger partial charge in [0.2, 0.25) is 76.8 Å². The van der Waals surface area contributed by atoms with Gasteiger partial charge in [-0.25, -0.2) is 15.2 Å². The molecular formula is C52H87N13O19. The lowest BCUT2D eigenvalue weighted by Crippen LogP contribution is -2.60. The van der Waals surface area contributed by atoms with E-state index in [4.69, 9.17) is 4.74 Å². The predicted molar refractivity (Wildman–Crippen MR) is 293 cm³/mol. The fourth-order valence-electron chi connectivity index (χ4n) is 7.70. The molecule has 7 atom stereocenters. The number of ether oxygens (including phenoxy) is 1. The number of amides is 13. The number of hydrogen-bond acceptors (Lipinski definition) is 19. The Labute approximate surface area is 487 Å². The first-order valence-electron chi connectivity index (χ1n) is 27.9. The Kier molecular flexibility index (Phi) is 35.7. The van der Waals surface area contributed by atoms with Crippen molar-refractivity contribution in [3.05, 3.63) is 12.2 Å². The van der Waals surface area contributed by atoms with Crippen LogP contribution in [0.1, 0.15) is 132 Å². The zero-order valence-electron chi connectivity index (χ0n) is 48.9. The maximum atomic E-state index is 14.0. The minimum atomic E-state index is -1.79. The van der Waals surface area contributed by atoms with Crippen LogP contribution in [0.5, 0.6) is 0 Å². The highest BCUT2D eigenvalue weighted by Crippen LogP contribution is 2.09. The van der Waals surface area contributed by atoms with Crippen LogP contribution >= 0.6 is 0 Å². The van der Waals surface area contributed by atoms with E-state index >= 15 is 0 Å². The molecule has 0 aliphatic carbocycles. The summed E-state index contributed by atoms with van der Waals surface area (Å²) in [4.78, 5) is 184. The number of rotatable bonds is 23. The summed E-state index contributed by atoms with van der Waals surface area (Å²) in [6, 6.07) is -11.0. The number of carbonyl (C=O) groups excluding carboxylic acids is 14. The Bertz CT molecular complexity index is 2290. The molecule has 84 heavy (non-hydrogen) atoms. The van der Waals surface area contributed by atoms with Gasteiger partial charge in [-0.1, -0.05) is 59.1 Å². The molecule has 3 unspecified atom stereocenters. The van der Waals surface area contributed by atoms with E-state index in [1.165, 1.54) is 27.7 Å². The van der Waals surface area contributed by atoms with Crippen molar-refractivity contribution >= 4 is 82.8 Å². The molecule has 1 aliphatic rings. The quantitative estimate of drug-likeness (QED) is 0.0154. The van der Waals surface area contributed by atoms with Gasteiger partial charge in [0.1, 0.15) is 55.4 Å². The van der Waals surface area contributed by atoms with E-state index in [0.717, 1.165) is 39.5 Å². The SMILES string of the molecule is CCCCCC/C=C\CC(=O)N[C@H]1COC(=O)CNC(=O)C(CCCN(O)C(=O)CC)NC(=O)CNC(=O)[C@H](C)NC(=O)C(CCCN(O)C(C)=O)NC(=O)[C@H](CO)NC(=O)[C@@H](C(C)C)NC(=O)CNC(=O)C(CCCN(O)C(C)=O)NC1=O. The van der Waals surface area contributed by atoms with Gasteiger partial charge in [0, 0.05) is 46.3 Å². The first kappa shape index (κ1) is 74.2. The van der Waals surface area contributed by atoms with Crippen LogP contribution < -0.4 is 53.2 Å². The van der Waals surface area contributed by atoms with Gasteiger partial charge in [-0.2, -0.15) is 0 Å². The predicted octanol–water partition coefficient (Wildman–Crippen LogP) is -3.69. The summed E-state index contributed by atoms with van der Waals surface area (Å²) < 4.78 is 5.30. The highest BCUT2D eigenvalue weighted by molar-refractivity contribution is 5.98. The average Bonchev–Trinajstić information content (AvgIpc) is 3.62. The number of cyclic esters (lactones) is 1. The van der Waals surface area contributed by atoms with Crippen LogP contribution in [0.25, 0.3) is 0 Å². The number of aliphatic hydroxyl groups is 1. The Morgan fingerprint density at radius 3 is 1.61 bits per heavy atom. The molecule has 474 valence electrons. The van der Waals surface area contributed by atoms with Gasteiger partial charge in [0.05, 0.1) is 19.7 Å². The molecule has 0 aromatic rings. The number of aliphatic hydroxyl groups excluding tert-OH is 1. The molecule has 32 nitrogen and oxygen atoms in total. The van der Waals surface area contributed by atoms with Gasteiger partial charge in [0.25, 0.3) is 0 Å². The number of nitrogens with zero attached hydrogens (tertiary/aromatic N) is 3. The van der Waals surface area contributed by atoms with E-state index in [9.17, 15) is 87.9 Å². The smallest absolute Gasteiger partial charge is 0.325 e. The topological polar surface area (TPSA) is 459 Å². The van der Waals surface area contributed by atoms with E-state index in [1.54, 1.807) is 12.2 Å². The molecule has 1 fully saturated rings. The second kappa shape index (κ2) is 40.4. The Morgan fingerprint density at radius 1 is 0.583 bits per heavy atom. The van der Waals surface area contributed by atoms with Crippen molar-refractivity contribution in [3.8, 4) is 0 Å². The van der Waals surface area contributed by atoms with Crippen LogP contribution in [-0.4, -0.2) is 213 Å². The standard InChI is InChI=1S/C52H87N13O19/c1-8-10-11-12-13-14-15-22-40(69)58-39-30-84-44(73)28-55-47(75)35(19-18-25-65(83)43(72)9-2)57-41(70)26-53-46(74)32(5)56-49(77)37(21-17-24-64(82)34(7)68)60-50(78)38(29-66)61-52(80)45(31(3)4)62-42(71)27-54-48(76)36(59-51(39)79)20-16-23-63(81)33(6)67/h14-15,31-32,35-39,45,66,81-83H,8-13,16-30H2,1-7H3,(H,53,74)(H,54,76)(H,55,75)(H,56,77)(H,57,70)(H,58,69)(H,59,79)(H,60,78)(H,61,80)(H,62,71)/b15-14-/t32-,35?,36?,37?,38-,39-,45+/m0/s1. The maximum Gasteiger partial charge on any atom is 0.325 e. The molecule has 0 spiro atoms. The van der Waals surface area contributed by atoms with E-state index < -0.39 is 164 Å². The van der Waals surface area contributed by atoms with Gasteiger partial charge in [0.15, 0.2) is 0 Å². The second-order valence-corrected chi connectivity index (χ2v) is 20.1. The molecular weight excluding hydrogens is 1110 g/mol. The van der Waals surface area contributed by atoms with Crippen molar-refractivity contribution in [1.29, 1.82) is 0 Å². The van der Waals surface area contributed by atoms with Gasteiger partial charge in [-0.05, 0) is 64.2 Å². The second-order valence-electron chi connectivity index (χ2n) is 20.1. The fourth-order valence-corrected chi connectivity index (χ4v) is 7.70. The zero-order valence-corrected chi connectivity index (χ0v) is 48.9. The molecule has 1 saturated heterocycles. The molecule has 0 bridgehead atoms. The molecule has 0 aromatic carbocycles. The molecule has 13 amide bonds. The number of unbranched alkanes of at least 4 members (excludes halogenated alkanes) is 4. The van der Waals surface area contributed by atoms with Crippen LogP contribution in [0.15, 0.2) is 12.2 Å². The largest absolute Gasteiger partial charge is 0.462 e. The Hall–Kier alpha value is -7.84. The highest BCUT2D eigenvalue weighted by atomic mass is 16.5. The molecule has 0 aromatic heterocycles. The van der Waals surface area contributed by atoms with Crippen molar-refractivity contribution in [3.63, 3.8) is 0 Å². The van der Waals surface area contributed by atoms with Crippen molar-refractivity contribution < 1.29 is 92.6 Å². The molecule has 1 heterocycles. The van der Waals surface area contributed by atoms with Crippen molar-refractivity contribution in [2.75, 3.05) is 52.5 Å². The first-order chi connectivity index (χ1) is 39.6. The van der Waals surface area contributed by atoms with Gasteiger partial charge in [-0.15, -0.1) is 0 Å². The monoisotopic (exact) mass is 1200 g/mol. The minimum Gasteiger partial charge on any atom is -0.462 e. The molecule has 14 N–H and O–H groups in total. The van der Waals surface area contributed by atoms with Crippen molar-refractivity contribution in [1.82, 2.24) is 68.4 Å². The van der Waals surface area contributed by atoms with Crippen molar-refractivity contribution in [2.45, 2.75) is 174 Å². The number of hydrogen-bond donors (Lipinski definition) is 14. The Balaban J connectivity index is 3.80. The number of carbonyl (C=O) groups is 14. The summed E-state index contributed by atoms with van der Waals surface area (Å²) in [5.41, 5.74) is 0. The van der Waals surface area contributed by atoms with Crippen LogP contribution in [0, 0.1) is 5.92 Å². The van der Waals surface area contributed by atoms with E-state index in [0.29, 0.717) is 21.6 Å². The number of nitrogens with one attached hydrogen (secondary N) is 10. The lowest BCUT2D eigenvalue weighted by molar-refractivity contribution is -0.165. The molecule has 1 rings (SSSR count). The van der Waals surface area contributed by atoms with Crippen molar-refractivity contribution in [2.24, 2.45) is 5.92 Å². The molecule has 0 saturated carbocycles. The van der Waals surface area contributed by atoms with Gasteiger partial charge >= 0.3 is 5.97 Å². The summed E-state index contributed by atoms with van der Waals surface area (Å²) in [6.07, 6.45) is 6.33. The number of esters is 1. The van der Waals surface area contributed by atoms with E-state index in [-0.39, 0.29) is 71.0 Å². The summed E-state index contributed by atoms with van der Waals surface area (Å²) in [5, 5.41) is 64.9. The summed E-state index contributed by atoms with van der Waals surface area (Å²) in [6.45, 7) is 4.40. The zero-order chi connectivity index (χ0) is 63.5. The van der Waals surface area contributed by atoms with Crippen LogP contribution in [-0.2, 0) is 71.9 Å². The fraction of sp³-hybridized carbons (Fsp3) is 0.692.